The van der Waals surface area contributed by atoms with E-state index in [0.717, 1.165) is 35.1 Å². The molecule has 1 aliphatic rings. The first-order chi connectivity index (χ1) is 13.8. The number of aryl methyl sites for hydroxylation is 3. The van der Waals surface area contributed by atoms with E-state index in [1.165, 1.54) is 6.26 Å². The zero-order valence-corrected chi connectivity index (χ0v) is 20.0. The lowest BCUT2D eigenvalue weighted by atomic mass is 9.80. The molecule has 0 heterocycles. The predicted molar refractivity (Wildman–Crippen MR) is 120 cm³/mol. The number of ketones is 1. The molecule has 0 fully saturated rings. The van der Waals surface area contributed by atoms with Crippen LogP contribution < -0.4 is 0 Å². The Labute approximate surface area is 180 Å². The van der Waals surface area contributed by atoms with Gasteiger partial charge in [-0.25, -0.2) is 8.42 Å². The summed E-state index contributed by atoms with van der Waals surface area (Å²) >= 11 is 0. The molecule has 0 saturated heterocycles. The van der Waals surface area contributed by atoms with E-state index in [0.29, 0.717) is 11.3 Å². The molecule has 0 radical (unpaired) electrons. The van der Waals surface area contributed by atoms with Gasteiger partial charge < -0.3 is 4.74 Å². The lowest BCUT2D eigenvalue weighted by Crippen LogP contribution is -2.29. The number of hydrogen-bond acceptors (Lipinski definition) is 5. The molecule has 1 aliphatic carbocycles. The molecule has 0 spiro atoms. The molecule has 1 aromatic carbocycles. The molecule has 1 unspecified atom stereocenters. The van der Waals surface area contributed by atoms with Crippen molar-refractivity contribution in [3.05, 3.63) is 40.1 Å². The molecule has 0 amide bonds. The van der Waals surface area contributed by atoms with Crippen LogP contribution in [0.15, 0.2) is 17.9 Å². The third-order valence-corrected chi connectivity index (χ3v) is 6.41. The topological polar surface area (TPSA) is 77.5 Å². The second kappa shape index (κ2) is 9.04. The van der Waals surface area contributed by atoms with Crippen molar-refractivity contribution in [3.63, 3.8) is 0 Å². The van der Waals surface area contributed by atoms with Gasteiger partial charge in [-0.1, -0.05) is 31.5 Å². The summed E-state index contributed by atoms with van der Waals surface area (Å²) < 4.78 is 29.5. The van der Waals surface area contributed by atoms with Crippen LogP contribution in [0.2, 0.25) is 0 Å². The zero-order valence-electron chi connectivity index (χ0n) is 19.2. The van der Waals surface area contributed by atoms with Crippen molar-refractivity contribution in [2.75, 3.05) is 12.0 Å². The number of sulfone groups is 1. The predicted octanol–water partition coefficient (Wildman–Crippen LogP) is 4.44. The Kier molecular flexibility index (Phi) is 7.33. The van der Waals surface area contributed by atoms with Crippen molar-refractivity contribution in [1.29, 1.82) is 0 Å². The summed E-state index contributed by atoms with van der Waals surface area (Å²) in [6.07, 6.45) is 3.05. The summed E-state index contributed by atoms with van der Waals surface area (Å²) in [5.41, 5.74) is 3.78. The monoisotopic (exact) mass is 434 g/mol. The van der Waals surface area contributed by atoms with Gasteiger partial charge >= 0.3 is 5.97 Å². The Balaban J connectivity index is 2.70. The summed E-state index contributed by atoms with van der Waals surface area (Å²) in [5.74, 6) is -0.754. The molecule has 0 bridgehead atoms. The normalized spacial score (nSPS) is 18.0. The van der Waals surface area contributed by atoms with Crippen LogP contribution in [0, 0.1) is 18.3 Å². The highest BCUT2D eigenvalue weighted by Crippen LogP contribution is 2.39. The van der Waals surface area contributed by atoms with Crippen LogP contribution in [-0.2, 0) is 37.0 Å². The van der Waals surface area contributed by atoms with E-state index in [-0.39, 0.29) is 30.3 Å². The average molecular weight is 435 g/mol. The second-order valence-electron chi connectivity index (χ2n) is 9.39. The van der Waals surface area contributed by atoms with Gasteiger partial charge in [0, 0.05) is 19.1 Å². The van der Waals surface area contributed by atoms with Crippen LogP contribution in [0.5, 0.6) is 0 Å². The molecule has 0 aliphatic heterocycles. The molecule has 166 valence electrons. The van der Waals surface area contributed by atoms with E-state index in [4.69, 9.17) is 4.74 Å². The highest BCUT2D eigenvalue weighted by molar-refractivity contribution is 7.90. The largest absolute Gasteiger partial charge is 0.430 e. The fourth-order valence-corrected chi connectivity index (χ4v) is 5.05. The lowest BCUT2D eigenvalue weighted by molar-refractivity contribution is -0.148. The maximum Gasteiger partial charge on any atom is 0.316 e. The number of allylic oxidation sites excluding steroid dienone is 2. The van der Waals surface area contributed by atoms with E-state index in [1.54, 1.807) is 20.8 Å². The zero-order chi connectivity index (χ0) is 22.9. The quantitative estimate of drug-likeness (QED) is 0.619. The Morgan fingerprint density at radius 3 is 2.07 bits per heavy atom. The summed E-state index contributed by atoms with van der Waals surface area (Å²) in [5, 5.41) is 0. The summed E-state index contributed by atoms with van der Waals surface area (Å²) in [7, 11) is -3.26. The van der Waals surface area contributed by atoms with Crippen molar-refractivity contribution in [1.82, 2.24) is 0 Å². The Morgan fingerprint density at radius 1 is 1.10 bits per heavy atom. The van der Waals surface area contributed by atoms with Gasteiger partial charge in [-0.05, 0) is 63.1 Å². The molecular formula is C24H34O5S. The van der Waals surface area contributed by atoms with Gasteiger partial charge in [-0.15, -0.1) is 0 Å². The Morgan fingerprint density at radius 2 is 1.63 bits per heavy atom. The van der Waals surface area contributed by atoms with Crippen LogP contribution in [0.25, 0.3) is 5.57 Å². The van der Waals surface area contributed by atoms with Gasteiger partial charge in [0.15, 0.2) is 5.78 Å². The molecule has 5 nitrogen and oxygen atoms in total. The SMILES string of the molecule is CCc1cc(C)cc(CC)c1C1=C(OC(=O)C(C)(C)C)CC(CS(C)(=O)=O)CC1=O. The van der Waals surface area contributed by atoms with Crippen LogP contribution in [-0.4, -0.2) is 32.2 Å². The van der Waals surface area contributed by atoms with Gasteiger partial charge in [0.2, 0.25) is 0 Å². The highest BCUT2D eigenvalue weighted by Gasteiger charge is 2.36. The first kappa shape index (κ1) is 24.3. The van der Waals surface area contributed by atoms with E-state index >= 15 is 0 Å². The minimum atomic E-state index is -3.26. The second-order valence-corrected chi connectivity index (χ2v) is 11.6. The minimum absolute atomic E-state index is 0.0994. The number of carbonyl (C=O) groups excluding carboxylic acids is 2. The van der Waals surface area contributed by atoms with Crippen LogP contribution in [0.4, 0.5) is 0 Å². The van der Waals surface area contributed by atoms with E-state index in [2.05, 4.69) is 12.1 Å². The van der Waals surface area contributed by atoms with Crippen molar-refractivity contribution < 1.29 is 22.7 Å². The van der Waals surface area contributed by atoms with Gasteiger partial charge in [-0.3, -0.25) is 9.59 Å². The molecular weight excluding hydrogens is 400 g/mol. The maximum atomic E-state index is 13.3. The lowest BCUT2D eigenvalue weighted by Gasteiger charge is -2.29. The minimum Gasteiger partial charge on any atom is -0.430 e. The summed E-state index contributed by atoms with van der Waals surface area (Å²) in [4.78, 5) is 26.0. The van der Waals surface area contributed by atoms with Crippen LogP contribution >= 0.6 is 0 Å². The number of esters is 1. The average Bonchev–Trinajstić information content (AvgIpc) is 2.59. The highest BCUT2D eigenvalue weighted by atomic mass is 32.2. The molecule has 2 rings (SSSR count). The number of Topliss-reactive ketones (excluding diaryl/α,β-unsaturated/α-hetero) is 1. The third-order valence-electron chi connectivity index (χ3n) is 5.33. The van der Waals surface area contributed by atoms with Crippen LogP contribution in [0.1, 0.15) is 69.7 Å². The first-order valence-corrected chi connectivity index (χ1v) is 12.6. The number of ether oxygens (including phenoxy) is 1. The summed E-state index contributed by atoms with van der Waals surface area (Å²) in [6.45, 7) is 11.4. The number of carbonyl (C=O) groups is 2. The summed E-state index contributed by atoms with van der Waals surface area (Å²) in [6, 6.07) is 4.14. The van der Waals surface area contributed by atoms with Gasteiger partial charge in [0.25, 0.3) is 0 Å². The number of hydrogen-bond donors (Lipinski definition) is 0. The van der Waals surface area contributed by atoms with Gasteiger partial charge in [-0.2, -0.15) is 0 Å². The molecule has 1 aromatic rings. The van der Waals surface area contributed by atoms with Crippen molar-refractivity contribution in [3.8, 4) is 0 Å². The standard InChI is InChI=1S/C24H34O5S/c1-8-17-10-15(3)11-18(9-2)21(17)22-19(25)12-16(14-30(7,27)28)13-20(22)29-23(26)24(4,5)6/h10-11,16H,8-9,12-14H2,1-7H3. The van der Waals surface area contributed by atoms with Gasteiger partial charge in [0.05, 0.1) is 16.7 Å². The van der Waals surface area contributed by atoms with Crippen molar-refractivity contribution >= 4 is 27.2 Å². The van der Waals surface area contributed by atoms with E-state index in [1.807, 2.05) is 20.8 Å². The van der Waals surface area contributed by atoms with E-state index in [9.17, 15) is 18.0 Å². The van der Waals surface area contributed by atoms with E-state index < -0.39 is 21.2 Å². The Bertz CT molecular complexity index is 952. The maximum absolute atomic E-state index is 13.3. The number of rotatable bonds is 6. The third kappa shape index (κ3) is 5.81. The number of benzene rings is 1. The van der Waals surface area contributed by atoms with Crippen LogP contribution in [0.3, 0.4) is 0 Å². The first-order valence-electron chi connectivity index (χ1n) is 10.6. The molecule has 30 heavy (non-hydrogen) atoms. The molecule has 0 N–H and O–H groups in total. The molecule has 6 heteroatoms. The van der Waals surface area contributed by atoms with Crippen molar-refractivity contribution in [2.45, 2.75) is 67.2 Å². The van der Waals surface area contributed by atoms with Crippen molar-refractivity contribution in [2.24, 2.45) is 11.3 Å². The smallest absolute Gasteiger partial charge is 0.316 e. The fourth-order valence-electron chi connectivity index (χ4n) is 3.96. The van der Waals surface area contributed by atoms with Gasteiger partial charge in [0.1, 0.15) is 15.6 Å². The molecule has 1 atom stereocenters. The fraction of sp³-hybridized carbons (Fsp3) is 0.583. The molecule has 0 saturated carbocycles. The Hall–Kier alpha value is -1.95. The molecule has 0 aromatic heterocycles.